The van der Waals surface area contributed by atoms with Crippen LogP contribution in [0, 0.1) is 17.8 Å². The number of halogens is 3. The molecule has 6 aliphatic rings. The fourth-order valence-corrected chi connectivity index (χ4v) is 6.71. The van der Waals surface area contributed by atoms with Crippen molar-refractivity contribution in [3.63, 3.8) is 0 Å². The number of piperidine rings is 4. The molecule has 0 aromatic carbocycles. The Hall–Kier alpha value is -0.940. The number of alkyl halides is 3. The average Bonchev–Trinajstić information content (AvgIpc) is 2.96. The molecule has 1 amide bonds. The number of hydrogen-bond acceptors (Lipinski definition) is 6. The van der Waals surface area contributed by atoms with E-state index in [9.17, 15) is 23.1 Å². The molecule has 2 bridgehead atoms. The lowest BCUT2D eigenvalue weighted by molar-refractivity contribution is -0.196. The number of aliphatic hydroxyl groups is 1. The van der Waals surface area contributed by atoms with E-state index in [0.29, 0.717) is 19.0 Å². The number of carbonyl (C=O) groups is 1. The van der Waals surface area contributed by atoms with Crippen molar-refractivity contribution < 1.29 is 23.1 Å². The highest BCUT2D eigenvalue weighted by Gasteiger charge is 2.58. The predicted octanol–water partition coefficient (Wildman–Crippen LogP) is 0.112. The molecule has 6 rings (SSSR count). The molecule has 6 heterocycles. The summed E-state index contributed by atoms with van der Waals surface area (Å²) in [6.07, 6.45) is -2.17. The number of nitrogens with one attached hydrogen (secondary N) is 4. The Bertz CT molecular complexity index is 682. The van der Waals surface area contributed by atoms with Gasteiger partial charge in [0.1, 0.15) is 5.60 Å². The van der Waals surface area contributed by atoms with Crippen LogP contribution in [-0.2, 0) is 4.79 Å². The van der Waals surface area contributed by atoms with Gasteiger partial charge >= 0.3 is 6.18 Å². The van der Waals surface area contributed by atoms with E-state index in [1.54, 1.807) is 0 Å². The fraction of sp³-hybridized carbons (Fsp3) is 0.950. The third-order valence-electron chi connectivity index (χ3n) is 8.28. The van der Waals surface area contributed by atoms with E-state index in [1.165, 1.54) is 6.92 Å². The summed E-state index contributed by atoms with van der Waals surface area (Å²) in [5, 5.41) is 23.9. The van der Waals surface area contributed by atoms with Crippen LogP contribution in [-0.4, -0.2) is 77.8 Å². The molecular formula is C20H32F3N5O2. The molecule has 6 aliphatic heterocycles. The first-order valence-electron chi connectivity index (χ1n) is 11.2. The summed E-state index contributed by atoms with van der Waals surface area (Å²) in [6, 6.07) is 0.221. The van der Waals surface area contributed by atoms with Gasteiger partial charge < -0.3 is 15.7 Å². The minimum absolute atomic E-state index is 0.00164. The van der Waals surface area contributed by atoms with Gasteiger partial charge in [-0.25, -0.2) is 0 Å². The second kappa shape index (κ2) is 7.30. The summed E-state index contributed by atoms with van der Waals surface area (Å²) in [4.78, 5) is 14.5. The summed E-state index contributed by atoms with van der Waals surface area (Å²) in [7, 11) is 0. The van der Waals surface area contributed by atoms with Crippen molar-refractivity contribution >= 4 is 5.91 Å². The summed E-state index contributed by atoms with van der Waals surface area (Å²) >= 11 is 0. The molecule has 0 radical (unpaired) electrons. The molecule has 30 heavy (non-hydrogen) atoms. The highest BCUT2D eigenvalue weighted by atomic mass is 19.4. The van der Waals surface area contributed by atoms with Gasteiger partial charge in [0.2, 0.25) is 0 Å². The molecule has 0 aromatic heterocycles. The summed E-state index contributed by atoms with van der Waals surface area (Å²) in [5.74, 6) is -2.48. The van der Waals surface area contributed by atoms with Crippen LogP contribution in [0.1, 0.15) is 39.0 Å². The number of amides is 1. The Kier molecular flexibility index (Phi) is 5.09. The third-order valence-corrected chi connectivity index (χ3v) is 8.28. The first-order chi connectivity index (χ1) is 14.1. The van der Waals surface area contributed by atoms with Crippen LogP contribution in [0.25, 0.3) is 0 Å². The maximum atomic E-state index is 13.9. The molecule has 9 atom stereocenters. The first-order valence-corrected chi connectivity index (χ1v) is 11.2. The van der Waals surface area contributed by atoms with Crippen LogP contribution >= 0.6 is 0 Å². The highest BCUT2D eigenvalue weighted by molar-refractivity contribution is 5.87. The fourth-order valence-electron chi connectivity index (χ4n) is 6.71. The van der Waals surface area contributed by atoms with E-state index in [2.05, 4.69) is 26.2 Å². The molecule has 0 aliphatic carbocycles. The maximum absolute atomic E-state index is 13.9. The van der Waals surface area contributed by atoms with E-state index in [1.807, 2.05) is 0 Å². The monoisotopic (exact) mass is 431 g/mol. The Morgan fingerprint density at radius 2 is 1.97 bits per heavy atom. The molecule has 6 saturated heterocycles. The highest BCUT2D eigenvalue weighted by Crippen LogP contribution is 2.45. The normalized spacial score (nSPS) is 49.7. The number of piperazine rings is 1. The number of rotatable bonds is 2. The van der Waals surface area contributed by atoms with Crippen molar-refractivity contribution in [1.29, 1.82) is 0 Å². The van der Waals surface area contributed by atoms with Gasteiger partial charge in [0.05, 0.1) is 18.2 Å². The quantitative estimate of drug-likeness (QED) is 0.427. The minimum atomic E-state index is -4.25. The summed E-state index contributed by atoms with van der Waals surface area (Å²) in [6.45, 7) is 3.70. The third kappa shape index (κ3) is 3.44. The predicted molar refractivity (Wildman–Crippen MR) is 103 cm³/mol. The van der Waals surface area contributed by atoms with E-state index in [0.717, 1.165) is 25.9 Å². The van der Waals surface area contributed by atoms with Gasteiger partial charge in [-0.2, -0.15) is 13.2 Å². The molecule has 170 valence electrons. The maximum Gasteiger partial charge on any atom is 0.391 e. The Balaban J connectivity index is 1.41. The molecular weight excluding hydrogens is 399 g/mol. The molecule has 6 fully saturated rings. The van der Waals surface area contributed by atoms with Crippen LogP contribution < -0.4 is 21.3 Å². The lowest BCUT2D eigenvalue weighted by Crippen LogP contribution is -2.69. The Labute approximate surface area is 174 Å². The van der Waals surface area contributed by atoms with Gasteiger partial charge in [-0.15, -0.1) is 0 Å². The minimum Gasteiger partial charge on any atom is -0.380 e. The molecule has 8 unspecified atom stereocenters. The van der Waals surface area contributed by atoms with E-state index in [-0.39, 0.29) is 31.0 Å². The zero-order valence-corrected chi connectivity index (χ0v) is 17.2. The number of nitrogens with zero attached hydrogens (tertiary/aromatic N) is 1. The largest absolute Gasteiger partial charge is 0.391 e. The second-order valence-electron chi connectivity index (χ2n) is 10.1. The molecule has 5 N–H and O–H groups in total. The van der Waals surface area contributed by atoms with E-state index in [4.69, 9.17) is 0 Å². The topological polar surface area (TPSA) is 88.7 Å². The lowest BCUT2D eigenvalue weighted by atomic mass is 9.69. The molecule has 0 spiro atoms. The molecule has 0 aromatic rings. The zero-order chi connectivity index (χ0) is 21.3. The van der Waals surface area contributed by atoms with Crippen LogP contribution in [0.4, 0.5) is 13.2 Å². The van der Waals surface area contributed by atoms with Crippen LogP contribution in [0.3, 0.4) is 0 Å². The van der Waals surface area contributed by atoms with E-state index >= 15 is 0 Å². The van der Waals surface area contributed by atoms with Crippen molar-refractivity contribution in [2.75, 3.05) is 19.6 Å². The van der Waals surface area contributed by atoms with E-state index < -0.39 is 41.7 Å². The van der Waals surface area contributed by atoms with Gasteiger partial charge in [-0.05, 0) is 51.5 Å². The standard InChI is InChI=1S/C20H32F3N5O2/c1-19(30)16-13(4-5-24-17(16)27-18(19)29)14-6-10(20(21,22)23)7-15(26-14)28-9-11-2-3-12(28)8-25-11/h10-17,24-26,30H,2-9H2,1H3,(H,27,29)/t10?,11?,12?,13?,14?,15?,16?,17?,19-/m0/s1. The lowest BCUT2D eigenvalue weighted by Gasteiger charge is -2.54. The summed E-state index contributed by atoms with van der Waals surface area (Å²) in [5.41, 5.74) is -1.58. The molecule has 10 heteroatoms. The van der Waals surface area contributed by atoms with Crippen LogP contribution in [0.15, 0.2) is 0 Å². The number of fused-ring (bicyclic) bond motifs is 4. The Morgan fingerprint density at radius 1 is 1.17 bits per heavy atom. The van der Waals surface area contributed by atoms with Gasteiger partial charge in [-0.3, -0.25) is 20.3 Å². The molecule has 7 nitrogen and oxygen atoms in total. The number of hydrogen-bond donors (Lipinski definition) is 5. The second-order valence-corrected chi connectivity index (χ2v) is 10.1. The van der Waals surface area contributed by atoms with Crippen molar-refractivity contribution in [2.24, 2.45) is 17.8 Å². The van der Waals surface area contributed by atoms with Crippen molar-refractivity contribution in [3.8, 4) is 0 Å². The van der Waals surface area contributed by atoms with Crippen LogP contribution in [0.2, 0.25) is 0 Å². The first kappa shape index (κ1) is 20.9. The van der Waals surface area contributed by atoms with Crippen molar-refractivity contribution in [1.82, 2.24) is 26.2 Å². The van der Waals surface area contributed by atoms with Gasteiger partial charge in [0.25, 0.3) is 5.91 Å². The number of carbonyl (C=O) groups excluding carboxylic acids is 1. The van der Waals surface area contributed by atoms with Crippen molar-refractivity contribution in [3.05, 3.63) is 0 Å². The smallest absolute Gasteiger partial charge is 0.380 e. The van der Waals surface area contributed by atoms with Gasteiger partial charge in [0.15, 0.2) is 0 Å². The SMILES string of the molecule is C[C@@]1(O)C(=O)NC2NCCC(C3CC(C(F)(F)F)CC(N4CC5CCC4CN5)N3)C21. The summed E-state index contributed by atoms with van der Waals surface area (Å²) < 4.78 is 41.7. The van der Waals surface area contributed by atoms with Crippen molar-refractivity contribution in [2.45, 2.75) is 81.3 Å². The Morgan fingerprint density at radius 3 is 2.60 bits per heavy atom. The average molecular weight is 432 g/mol. The van der Waals surface area contributed by atoms with Gasteiger partial charge in [0, 0.05) is 37.1 Å². The van der Waals surface area contributed by atoms with Crippen LogP contribution in [0.5, 0.6) is 0 Å². The zero-order valence-electron chi connectivity index (χ0n) is 17.2. The van der Waals surface area contributed by atoms with Gasteiger partial charge in [-0.1, -0.05) is 0 Å². The molecule has 0 saturated carbocycles.